The molecule has 4 rings (SSSR count). The second kappa shape index (κ2) is 5.75. The number of halogens is 2. The number of hydrogen-bond donors (Lipinski definition) is 2. The van der Waals surface area contributed by atoms with E-state index in [1.807, 2.05) is 25.1 Å². The molecule has 0 saturated heterocycles. The van der Waals surface area contributed by atoms with Crippen LogP contribution in [0.4, 0.5) is 0 Å². The van der Waals surface area contributed by atoms with Crippen LogP contribution in [-0.4, -0.2) is 24.6 Å². The van der Waals surface area contributed by atoms with Crippen molar-refractivity contribution in [3.05, 3.63) is 62.4 Å². The fraction of sp³-hybridized carbons (Fsp3) is 0.118. The smallest absolute Gasteiger partial charge is 0.263 e. The van der Waals surface area contributed by atoms with Crippen molar-refractivity contribution >= 4 is 45.1 Å². The van der Waals surface area contributed by atoms with Crippen LogP contribution in [0, 0.1) is 6.92 Å². The van der Waals surface area contributed by atoms with Crippen molar-refractivity contribution in [3.63, 3.8) is 0 Å². The summed E-state index contributed by atoms with van der Waals surface area (Å²) in [6, 6.07) is 7.08. The molecular formula is C17H12Cl2N4O2. The molecular weight excluding hydrogens is 363 g/mol. The number of rotatable bonds is 2. The van der Waals surface area contributed by atoms with E-state index >= 15 is 0 Å². The number of aromatic hydroxyl groups is 1. The Morgan fingerprint density at radius 2 is 2.04 bits per heavy atom. The minimum atomic E-state index is -0.345. The molecule has 0 radical (unpaired) electrons. The van der Waals surface area contributed by atoms with Gasteiger partial charge in [0.2, 0.25) is 0 Å². The number of fused-ring (bicyclic) bond motifs is 2. The molecule has 0 saturated carbocycles. The average molecular weight is 375 g/mol. The van der Waals surface area contributed by atoms with Crippen LogP contribution < -0.4 is 5.56 Å². The van der Waals surface area contributed by atoms with E-state index in [4.69, 9.17) is 23.2 Å². The minimum absolute atomic E-state index is 0.0576. The van der Waals surface area contributed by atoms with Gasteiger partial charge in [0.1, 0.15) is 11.3 Å². The highest BCUT2D eigenvalue weighted by Crippen LogP contribution is 2.34. The lowest BCUT2D eigenvalue weighted by Crippen LogP contribution is -2.21. The van der Waals surface area contributed by atoms with Crippen molar-refractivity contribution in [1.29, 1.82) is 0 Å². The zero-order valence-corrected chi connectivity index (χ0v) is 14.6. The Kier molecular flexibility index (Phi) is 3.67. The largest absolute Gasteiger partial charge is 0.504 e. The first kappa shape index (κ1) is 15.9. The molecule has 0 atom stereocenters. The second-order valence-corrected chi connectivity index (χ2v) is 6.58. The van der Waals surface area contributed by atoms with E-state index in [1.54, 1.807) is 0 Å². The number of phenols is 1. The Morgan fingerprint density at radius 3 is 2.84 bits per heavy atom. The van der Waals surface area contributed by atoms with Gasteiger partial charge in [0.15, 0.2) is 5.75 Å². The lowest BCUT2D eigenvalue weighted by atomic mass is 10.2. The number of phenolic OH excluding ortho intramolecular Hbond substituents is 1. The van der Waals surface area contributed by atoms with E-state index in [9.17, 15) is 9.90 Å². The van der Waals surface area contributed by atoms with E-state index in [-0.39, 0.29) is 32.3 Å². The van der Waals surface area contributed by atoms with Gasteiger partial charge in [-0.1, -0.05) is 29.3 Å². The quantitative estimate of drug-likeness (QED) is 0.560. The lowest BCUT2D eigenvalue weighted by Gasteiger charge is -2.09. The number of aromatic nitrogens is 4. The van der Waals surface area contributed by atoms with E-state index in [2.05, 4.69) is 15.0 Å². The number of aryl methyl sites for hydroxylation is 1. The molecule has 0 aliphatic heterocycles. The first-order valence-electron chi connectivity index (χ1n) is 7.45. The molecule has 6 nitrogen and oxygen atoms in total. The van der Waals surface area contributed by atoms with Crippen LogP contribution in [-0.2, 0) is 6.54 Å². The average Bonchev–Trinajstić information content (AvgIpc) is 2.93. The van der Waals surface area contributed by atoms with Gasteiger partial charge < -0.3 is 10.1 Å². The highest BCUT2D eigenvalue weighted by atomic mass is 35.5. The number of nitrogens with one attached hydrogen (secondary N) is 1. The summed E-state index contributed by atoms with van der Waals surface area (Å²) in [6.45, 7) is 2.20. The molecule has 2 heterocycles. The summed E-state index contributed by atoms with van der Waals surface area (Å²) >= 11 is 12.0. The van der Waals surface area contributed by atoms with Gasteiger partial charge in [0.05, 0.1) is 39.3 Å². The Balaban J connectivity index is 1.83. The normalized spacial score (nSPS) is 11.5. The first-order chi connectivity index (χ1) is 11.9. The molecule has 126 valence electrons. The fourth-order valence-corrected chi connectivity index (χ4v) is 3.37. The highest BCUT2D eigenvalue weighted by Gasteiger charge is 2.15. The molecule has 2 aromatic heterocycles. The summed E-state index contributed by atoms with van der Waals surface area (Å²) in [7, 11) is 0. The molecule has 0 aliphatic rings. The summed E-state index contributed by atoms with van der Waals surface area (Å²) in [5.41, 5.74) is 2.43. The van der Waals surface area contributed by atoms with Crippen LogP contribution in [0.3, 0.4) is 0 Å². The minimum Gasteiger partial charge on any atom is -0.504 e. The van der Waals surface area contributed by atoms with Crippen LogP contribution in [0.25, 0.3) is 21.9 Å². The van der Waals surface area contributed by atoms with Crippen LogP contribution in [0.5, 0.6) is 5.75 Å². The number of benzene rings is 2. The Labute approximate surface area is 151 Å². The fourth-order valence-electron chi connectivity index (χ4n) is 2.84. The number of H-pyrrole nitrogens is 1. The van der Waals surface area contributed by atoms with Crippen LogP contribution >= 0.6 is 23.2 Å². The van der Waals surface area contributed by atoms with Gasteiger partial charge in [0, 0.05) is 0 Å². The standard InChI is InChI=1S/C17H12Cl2N4O2/c1-8-21-12-3-2-9(4-13(12)22-8)6-23-7-20-15-14(17(23)25)10(18)5-11(19)16(15)24/h2-5,7,24H,6H2,1H3,(H,21,22). The van der Waals surface area contributed by atoms with Gasteiger partial charge in [-0.3, -0.25) is 9.36 Å². The third kappa shape index (κ3) is 2.63. The summed E-state index contributed by atoms with van der Waals surface area (Å²) in [4.78, 5) is 24.4. The van der Waals surface area contributed by atoms with E-state index < -0.39 is 0 Å². The van der Waals surface area contributed by atoms with Crippen LogP contribution in [0.2, 0.25) is 10.0 Å². The molecule has 8 heteroatoms. The molecule has 2 N–H and O–H groups in total. The molecule has 2 aromatic carbocycles. The second-order valence-electron chi connectivity index (χ2n) is 5.76. The van der Waals surface area contributed by atoms with Gasteiger partial charge >= 0.3 is 0 Å². The summed E-state index contributed by atoms with van der Waals surface area (Å²) in [5.74, 6) is 0.579. The molecule has 4 aromatic rings. The molecule has 0 spiro atoms. The zero-order chi connectivity index (χ0) is 17.7. The maximum absolute atomic E-state index is 12.7. The monoisotopic (exact) mass is 374 g/mol. The van der Waals surface area contributed by atoms with Crippen molar-refractivity contribution < 1.29 is 5.11 Å². The molecule has 0 unspecified atom stereocenters. The van der Waals surface area contributed by atoms with E-state index in [0.29, 0.717) is 6.54 Å². The van der Waals surface area contributed by atoms with Crippen molar-refractivity contribution in [2.24, 2.45) is 0 Å². The predicted octanol–water partition coefficient (Wildman–Crippen LogP) is 3.64. The van der Waals surface area contributed by atoms with Crippen LogP contribution in [0.15, 0.2) is 35.4 Å². The number of hydrogen-bond acceptors (Lipinski definition) is 4. The molecule has 0 fully saturated rings. The number of nitrogens with zero attached hydrogens (tertiary/aromatic N) is 3. The van der Waals surface area contributed by atoms with Crippen molar-refractivity contribution in [3.8, 4) is 5.75 Å². The molecule has 25 heavy (non-hydrogen) atoms. The summed E-state index contributed by atoms with van der Waals surface area (Å²) in [6.07, 6.45) is 1.37. The van der Waals surface area contributed by atoms with Gasteiger partial charge in [-0.2, -0.15) is 0 Å². The molecule has 0 bridgehead atoms. The summed E-state index contributed by atoms with van der Waals surface area (Å²) < 4.78 is 1.44. The van der Waals surface area contributed by atoms with Gasteiger partial charge in [-0.25, -0.2) is 9.97 Å². The predicted molar refractivity (Wildman–Crippen MR) is 97.6 cm³/mol. The van der Waals surface area contributed by atoms with E-state index in [1.165, 1.54) is 17.0 Å². The SMILES string of the molecule is Cc1nc2ccc(Cn3cnc4c(O)c(Cl)cc(Cl)c4c3=O)cc2[nH]1. The van der Waals surface area contributed by atoms with Crippen LogP contribution in [0.1, 0.15) is 11.4 Å². The lowest BCUT2D eigenvalue weighted by molar-refractivity contribution is 0.480. The highest BCUT2D eigenvalue weighted by molar-refractivity contribution is 6.39. The Morgan fingerprint density at radius 1 is 1.24 bits per heavy atom. The number of aromatic amines is 1. The van der Waals surface area contributed by atoms with Gasteiger partial charge in [0.25, 0.3) is 5.56 Å². The topological polar surface area (TPSA) is 83.8 Å². The molecule has 0 aliphatic carbocycles. The van der Waals surface area contributed by atoms with Gasteiger partial charge in [-0.15, -0.1) is 0 Å². The third-order valence-electron chi connectivity index (χ3n) is 4.00. The Bertz CT molecular complexity index is 1200. The number of imidazole rings is 1. The van der Waals surface area contributed by atoms with Crippen molar-refractivity contribution in [2.45, 2.75) is 13.5 Å². The maximum atomic E-state index is 12.7. The maximum Gasteiger partial charge on any atom is 0.263 e. The third-order valence-corrected chi connectivity index (χ3v) is 4.58. The Hall–Kier alpha value is -2.57. The van der Waals surface area contributed by atoms with E-state index in [0.717, 1.165) is 22.4 Å². The first-order valence-corrected chi connectivity index (χ1v) is 8.21. The summed E-state index contributed by atoms with van der Waals surface area (Å²) in [5, 5.41) is 10.4. The van der Waals surface area contributed by atoms with Crippen molar-refractivity contribution in [1.82, 2.24) is 19.5 Å². The molecule has 0 amide bonds. The van der Waals surface area contributed by atoms with Gasteiger partial charge in [-0.05, 0) is 30.7 Å². The zero-order valence-electron chi connectivity index (χ0n) is 13.0. The van der Waals surface area contributed by atoms with Crippen molar-refractivity contribution in [2.75, 3.05) is 0 Å².